The number of aryl methyl sites for hydroxylation is 2. The van der Waals surface area contributed by atoms with Gasteiger partial charge in [-0.3, -0.25) is 9.59 Å². The van der Waals surface area contributed by atoms with E-state index in [4.69, 9.17) is 5.14 Å². The first-order valence-corrected chi connectivity index (χ1v) is 10.6. The van der Waals surface area contributed by atoms with Crippen molar-refractivity contribution in [2.75, 3.05) is 5.32 Å². The summed E-state index contributed by atoms with van der Waals surface area (Å²) in [6, 6.07) is 9.26. The molecule has 2 aromatic carbocycles. The lowest BCUT2D eigenvalue weighted by Gasteiger charge is -2.14. The summed E-state index contributed by atoms with van der Waals surface area (Å²) in [7, 11) is -4.05. The van der Waals surface area contributed by atoms with Crippen LogP contribution in [0.3, 0.4) is 0 Å². The summed E-state index contributed by atoms with van der Waals surface area (Å²) < 4.78 is 63.5. The molecule has 0 aliphatic rings. The number of carbonyl (C=O) groups excluding carboxylic acids is 1. The average Bonchev–Trinajstić information content (AvgIpc) is 2.68. The highest BCUT2D eigenvalue weighted by molar-refractivity contribution is 7.89. The number of nitrogens with zero attached hydrogens (tertiary/aromatic N) is 2. The third-order valence-electron chi connectivity index (χ3n) is 4.49. The Morgan fingerprint density at radius 1 is 1.09 bits per heavy atom. The van der Waals surface area contributed by atoms with Crippen molar-refractivity contribution < 1.29 is 26.4 Å². The van der Waals surface area contributed by atoms with Gasteiger partial charge in [0.05, 0.1) is 16.1 Å². The highest BCUT2D eigenvalue weighted by Crippen LogP contribution is 2.30. The number of alkyl halides is 3. The van der Waals surface area contributed by atoms with Gasteiger partial charge in [0.1, 0.15) is 0 Å². The second-order valence-corrected chi connectivity index (χ2v) is 8.47. The minimum Gasteiger partial charge on any atom is -0.320 e. The summed E-state index contributed by atoms with van der Waals surface area (Å²) in [6.45, 7) is 2.97. The lowest BCUT2D eigenvalue weighted by atomic mass is 10.2. The maximum absolute atomic E-state index is 13.0. The van der Waals surface area contributed by atoms with E-state index in [-0.39, 0.29) is 22.0 Å². The molecule has 0 saturated heterocycles. The third-order valence-corrected chi connectivity index (χ3v) is 5.55. The number of primary sulfonamides is 1. The lowest BCUT2D eigenvalue weighted by Crippen LogP contribution is -2.27. The minimum absolute atomic E-state index is 0.00165. The molecule has 0 fully saturated rings. The van der Waals surface area contributed by atoms with E-state index in [0.29, 0.717) is 5.56 Å². The van der Waals surface area contributed by atoms with Crippen LogP contribution in [0, 0.1) is 13.8 Å². The summed E-state index contributed by atoms with van der Waals surface area (Å²) in [5.41, 5.74) is -1.68. The van der Waals surface area contributed by atoms with Crippen LogP contribution in [0.1, 0.15) is 27.3 Å². The Morgan fingerprint density at radius 3 is 2.41 bits per heavy atom. The summed E-state index contributed by atoms with van der Waals surface area (Å²) in [5, 5.41) is 11.4. The molecule has 0 spiro atoms. The molecule has 0 aliphatic heterocycles. The number of nitrogens with one attached hydrogen (secondary N) is 1. The number of carbonyl (C=O) groups is 1. The molecule has 0 unspecified atom stereocenters. The number of amides is 1. The van der Waals surface area contributed by atoms with Gasteiger partial charge in [-0.2, -0.15) is 18.3 Å². The summed E-state index contributed by atoms with van der Waals surface area (Å²) in [5.74, 6) is -0.972. The molecule has 32 heavy (non-hydrogen) atoms. The molecule has 1 amide bonds. The van der Waals surface area contributed by atoms with Crippen molar-refractivity contribution in [3.05, 3.63) is 81.3 Å². The Labute approximate surface area is 180 Å². The fourth-order valence-corrected chi connectivity index (χ4v) is 3.76. The Hall–Kier alpha value is -3.51. The first kappa shape index (κ1) is 23.2. The second kappa shape index (κ2) is 8.20. The number of aromatic nitrogens is 2. The van der Waals surface area contributed by atoms with Crippen molar-refractivity contribution in [1.82, 2.24) is 9.78 Å². The number of anilines is 1. The Morgan fingerprint density at radius 2 is 1.78 bits per heavy atom. The van der Waals surface area contributed by atoms with Gasteiger partial charge >= 0.3 is 6.18 Å². The molecule has 3 rings (SSSR count). The molecule has 1 heterocycles. The van der Waals surface area contributed by atoms with E-state index < -0.39 is 38.8 Å². The Kier molecular flexibility index (Phi) is 5.94. The molecule has 168 valence electrons. The molecule has 1 aromatic heterocycles. The highest BCUT2D eigenvalue weighted by atomic mass is 32.2. The lowest BCUT2D eigenvalue weighted by molar-refractivity contribution is -0.137. The van der Waals surface area contributed by atoms with E-state index in [1.54, 1.807) is 0 Å². The van der Waals surface area contributed by atoms with E-state index >= 15 is 0 Å². The van der Waals surface area contributed by atoms with Gasteiger partial charge in [0.15, 0.2) is 5.69 Å². The minimum atomic E-state index is -4.59. The van der Waals surface area contributed by atoms with Crippen LogP contribution in [-0.4, -0.2) is 24.1 Å². The Bertz CT molecular complexity index is 1380. The average molecular weight is 466 g/mol. The van der Waals surface area contributed by atoms with E-state index in [9.17, 15) is 31.2 Å². The summed E-state index contributed by atoms with van der Waals surface area (Å²) in [4.78, 5) is 24.8. The van der Waals surface area contributed by atoms with Gasteiger partial charge in [-0.1, -0.05) is 12.1 Å². The van der Waals surface area contributed by atoms with E-state index in [2.05, 4.69) is 10.4 Å². The molecule has 0 atom stereocenters. The standard InChI is InChI=1S/C20H17F3N4O4S/c1-11-6-7-14(10-17(11)32(24,30)31)25-19(29)18-16(28)8-12(2)27(26-18)15-5-3-4-13(9-15)20(21,22)23/h3-10H,1-2H3,(H,25,29)(H2,24,30,31). The molecule has 0 saturated carbocycles. The van der Waals surface area contributed by atoms with Gasteiger partial charge in [-0.25, -0.2) is 18.2 Å². The number of benzene rings is 2. The summed E-state index contributed by atoms with van der Waals surface area (Å²) in [6.07, 6.45) is -4.59. The number of hydrogen-bond donors (Lipinski definition) is 2. The van der Waals surface area contributed by atoms with Crippen molar-refractivity contribution in [2.45, 2.75) is 24.9 Å². The monoisotopic (exact) mass is 466 g/mol. The largest absolute Gasteiger partial charge is 0.416 e. The van der Waals surface area contributed by atoms with Gasteiger partial charge in [0.2, 0.25) is 15.5 Å². The molecule has 0 bridgehead atoms. The van der Waals surface area contributed by atoms with Crippen LogP contribution in [0.5, 0.6) is 0 Å². The zero-order valence-corrected chi connectivity index (χ0v) is 17.6. The molecule has 0 aliphatic carbocycles. The van der Waals surface area contributed by atoms with Gasteiger partial charge in [0.25, 0.3) is 5.91 Å². The maximum Gasteiger partial charge on any atom is 0.416 e. The van der Waals surface area contributed by atoms with Crippen LogP contribution in [0.25, 0.3) is 5.69 Å². The molecule has 3 aromatic rings. The number of sulfonamides is 1. The third kappa shape index (κ3) is 4.86. The van der Waals surface area contributed by atoms with Crippen molar-refractivity contribution in [1.29, 1.82) is 0 Å². The van der Waals surface area contributed by atoms with Crippen LogP contribution < -0.4 is 15.9 Å². The van der Waals surface area contributed by atoms with Crippen LogP contribution >= 0.6 is 0 Å². The van der Waals surface area contributed by atoms with Gasteiger partial charge < -0.3 is 5.32 Å². The van der Waals surface area contributed by atoms with E-state index in [1.165, 1.54) is 38.1 Å². The summed E-state index contributed by atoms with van der Waals surface area (Å²) >= 11 is 0. The first-order valence-electron chi connectivity index (χ1n) is 9.01. The molecular weight excluding hydrogens is 449 g/mol. The van der Waals surface area contributed by atoms with Crippen LogP contribution in [0.2, 0.25) is 0 Å². The molecule has 12 heteroatoms. The van der Waals surface area contributed by atoms with Crippen LogP contribution in [-0.2, 0) is 16.2 Å². The van der Waals surface area contributed by atoms with Crippen LogP contribution in [0.15, 0.2) is 58.2 Å². The normalized spacial score (nSPS) is 11.9. The van der Waals surface area contributed by atoms with Crippen LogP contribution in [0.4, 0.5) is 18.9 Å². The van der Waals surface area contributed by atoms with Crippen molar-refractivity contribution >= 4 is 21.6 Å². The predicted octanol–water partition coefficient (Wildman–Crippen LogP) is 2.77. The maximum atomic E-state index is 13.0. The van der Waals surface area contributed by atoms with Gasteiger partial charge in [0, 0.05) is 17.4 Å². The number of halogens is 3. The molecule has 3 N–H and O–H groups in total. The first-order chi connectivity index (χ1) is 14.8. The van der Waals surface area contributed by atoms with Crippen molar-refractivity contribution in [3.63, 3.8) is 0 Å². The number of hydrogen-bond acceptors (Lipinski definition) is 5. The highest BCUT2D eigenvalue weighted by Gasteiger charge is 2.30. The van der Waals surface area contributed by atoms with Gasteiger partial charge in [-0.15, -0.1) is 0 Å². The predicted molar refractivity (Wildman–Crippen MR) is 110 cm³/mol. The number of nitrogens with two attached hydrogens (primary N) is 1. The fraction of sp³-hybridized carbons (Fsp3) is 0.150. The zero-order chi connectivity index (χ0) is 23.8. The van der Waals surface area contributed by atoms with Gasteiger partial charge in [-0.05, 0) is 49.7 Å². The van der Waals surface area contributed by atoms with Crippen molar-refractivity contribution in [3.8, 4) is 5.69 Å². The molecular formula is C20H17F3N4O4S. The molecule has 8 nitrogen and oxygen atoms in total. The van der Waals surface area contributed by atoms with Crippen molar-refractivity contribution in [2.24, 2.45) is 5.14 Å². The Balaban J connectivity index is 2.02. The topological polar surface area (TPSA) is 124 Å². The number of rotatable bonds is 4. The fourth-order valence-electron chi connectivity index (χ4n) is 2.95. The van der Waals surface area contributed by atoms with E-state index in [1.807, 2.05) is 0 Å². The zero-order valence-electron chi connectivity index (χ0n) is 16.8. The van der Waals surface area contributed by atoms with E-state index in [0.717, 1.165) is 28.9 Å². The second-order valence-electron chi connectivity index (χ2n) is 6.94. The smallest absolute Gasteiger partial charge is 0.320 e. The molecule has 0 radical (unpaired) electrons. The quantitative estimate of drug-likeness (QED) is 0.612. The SMILES string of the molecule is Cc1ccc(NC(=O)c2nn(-c3cccc(C(F)(F)F)c3)c(C)cc2=O)cc1S(N)(=O)=O.